The molecule has 25 heavy (non-hydrogen) atoms. The van der Waals surface area contributed by atoms with E-state index in [1.54, 1.807) is 0 Å². The van der Waals surface area contributed by atoms with Crippen molar-refractivity contribution in [1.82, 2.24) is 5.32 Å². The minimum Gasteiger partial charge on any atom is -0.351 e. The molecule has 5 nitrogen and oxygen atoms in total. The molecule has 6 heteroatoms. The van der Waals surface area contributed by atoms with Crippen LogP contribution in [0.1, 0.15) is 37.7 Å². The molecule has 4 N–H and O–H groups in total. The highest BCUT2D eigenvalue weighted by Crippen LogP contribution is 2.26. The molecule has 0 heterocycles. The Balaban J connectivity index is 1.66. The van der Waals surface area contributed by atoms with Gasteiger partial charge in [0.05, 0.1) is 11.5 Å². The van der Waals surface area contributed by atoms with Crippen LogP contribution in [0.2, 0.25) is 0 Å². The molecule has 0 aromatic heterocycles. The number of nitrogens with one attached hydrogen (secondary N) is 2. The summed E-state index contributed by atoms with van der Waals surface area (Å²) in [5, 5.41) is 5.88. The maximum absolute atomic E-state index is 12.1. The van der Waals surface area contributed by atoms with Gasteiger partial charge in [0.2, 0.25) is 11.8 Å². The number of hydrogen-bond donors (Lipinski definition) is 3. The second kappa shape index (κ2) is 10.5. The van der Waals surface area contributed by atoms with E-state index in [0.717, 1.165) is 24.1 Å². The van der Waals surface area contributed by atoms with E-state index in [9.17, 15) is 9.59 Å². The van der Waals surface area contributed by atoms with Crippen molar-refractivity contribution in [2.45, 2.75) is 45.1 Å². The fraction of sp³-hybridized carbons (Fsp3) is 0.579. The lowest BCUT2D eigenvalue weighted by molar-refractivity contribution is -0.119. The normalized spacial score (nSPS) is 16.2. The Morgan fingerprint density at radius 1 is 1.12 bits per heavy atom. The van der Waals surface area contributed by atoms with Crippen molar-refractivity contribution in [1.29, 1.82) is 0 Å². The summed E-state index contributed by atoms with van der Waals surface area (Å²) < 4.78 is 0. The average Bonchev–Trinajstić information content (AvgIpc) is 2.62. The molecule has 0 bridgehead atoms. The summed E-state index contributed by atoms with van der Waals surface area (Å²) >= 11 is 1.33. The van der Waals surface area contributed by atoms with Crippen LogP contribution < -0.4 is 16.4 Å². The number of hydrogen-bond acceptors (Lipinski definition) is 4. The molecule has 1 aliphatic carbocycles. The van der Waals surface area contributed by atoms with Gasteiger partial charge in [0, 0.05) is 18.3 Å². The zero-order valence-corrected chi connectivity index (χ0v) is 15.7. The molecule has 0 saturated heterocycles. The summed E-state index contributed by atoms with van der Waals surface area (Å²) in [6.07, 6.45) is 6.03. The molecule has 0 radical (unpaired) electrons. The van der Waals surface area contributed by atoms with Crippen molar-refractivity contribution in [2.24, 2.45) is 11.7 Å². The SMILES string of the molecule is Cc1ccc(NC(=O)CSCC(=O)NC(CN)C2CCCCC2)cc1. The van der Waals surface area contributed by atoms with Gasteiger partial charge in [-0.05, 0) is 37.8 Å². The van der Waals surface area contributed by atoms with Gasteiger partial charge in [0.25, 0.3) is 0 Å². The molecule has 1 unspecified atom stereocenters. The molecular weight excluding hydrogens is 334 g/mol. The number of thioether (sulfide) groups is 1. The van der Waals surface area contributed by atoms with Crippen LogP contribution in [0.15, 0.2) is 24.3 Å². The van der Waals surface area contributed by atoms with E-state index in [0.29, 0.717) is 12.5 Å². The summed E-state index contributed by atoms with van der Waals surface area (Å²) in [5.41, 5.74) is 7.77. The number of anilines is 1. The minimum atomic E-state index is -0.0932. The van der Waals surface area contributed by atoms with Gasteiger partial charge in [-0.15, -0.1) is 11.8 Å². The van der Waals surface area contributed by atoms with Crippen molar-refractivity contribution >= 4 is 29.3 Å². The monoisotopic (exact) mass is 363 g/mol. The maximum Gasteiger partial charge on any atom is 0.234 e. The van der Waals surface area contributed by atoms with Gasteiger partial charge in [0.15, 0.2) is 0 Å². The summed E-state index contributed by atoms with van der Waals surface area (Å²) in [7, 11) is 0. The van der Waals surface area contributed by atoms with Crippen molar-refractivity contribution in [3.05, 3.63) is 29.8 Å². The van der Waals surface area contributed by atoms with E-state index in [4.69, 9.17) is 5.73 Å². The van der Waals surface area contributed by atoms with Crippen LogP contribution in [0.5, 0.6) is 0 Å². The second-order valence-corrected chi connectivity index (χ2v) is 7.70. The lowest BCUT2D eigenvalue weighted by Crippen LogP contribution is -2.46. The Bertz CT molecular complexity index is 556. The largest absolute Gasteiger partial charge is 0.351 e. The fourth-order valence-corrected chi connectivity index (χ4v) is 3.85. The molecule has 1 saturated carbocycles. The number of benzene rings is 1. The van der Waals surface area contributed by atoms with Gasteiger partial charge in [-0.2, -0.15) is 0 Å². The third kappa shape index (κ3) is 7.08. The van der Waals surface area contributed by atoms with Crippen molar-refractivity contribution in [3.8, 4) is 0 Å². The number of rotatable bonds is 8. The molecule has 1 fully saturated rings. The zero-order chi connectivity index (χ0) is 18.1. The quantitative estimate of drug-likeness (QED) is 0.663. The highest BCUT2D eigenvalue weighted by Gasteiger charge is 2.23. The standard InChI is InChI=1S/C19H29N3O2S/c1-14-7-9-16(10-8-14)21-18(23)12-25-13-19(24)22-17(11-20)15-5-3-2-4-6-15/h7-10,15,17H,2-6,11-13,20H2,1H3,(H,21,23)(H,22,24). The summed E-state index contributed by atoms with van der Waals surface area (Å²) in [6, 6.07) is 7.72. The maximum atomic E-state index is 12.1. The van der Waals surface area contributed by atoms with Gasteiger partial charge >= 0.3 is 0 Å². The number of amides is 2. The lowest BCUT2D eigenvalue weighted by Gasteiger charge is -2.30. The average molecular weight is 364 g/mol. The molecular formula is C19H29N3O2S. The van der Waals surface area contributed by atoms with Gasteiger partial charge in [0.1, 0.15) is 0 Å². The van der Waals surface area contributed by atoms with Crippen molar-refractivity contribution in [2.75, 3.05) is 23.4 Å². The Morgan fingerprint density at radius 2 is 1.76 bits per heavy atom. The van der Waals surface area contributed by atoms with Crippen LogP contribution in [0, 0.1) is 12.8 Å². The van der Waals surface area contributed by atoms with Crippen LogP contribution in [0.4, 0.5) is 5.69 Å². The number of aryl methyl sites for hydroxylation is 1. The molecule has 138 valence electrons. The van der Waals surface area contributed by atoms with Gasteiger partial charge in [-0.1, -0.05) is 37.0 Å². The van der Waals surface area contributed by atoms with Gasteiger partial charge < -0.3 is 16.4 Å². The fourth-order valence-electron chi connectivity index (χ4n) is 3.22. The third-order valence-corrected chi connectivity index (χ3v) is 5.55. The molecule has 1 aromatic carbocycles. The van der Waals surface area contributed by atoms with Crippen molar-refractivity contribution in [3.63, 3.8) is 0 Å². The number of carbonyl (C=O) groups is 2. The first kappa shape index (κ1) is 19.8. The van der Waals surface area contributed by atoms with Crippen LogP contribution in [-0.4, -0.2) is 35.9 Å². The van der Waals surface area contributed by atoms with Crippen LogP contribution >= 0.6 is 11.8 Å². The summed E-state index contributed by atoms with van der Waals surface area (Å²) in [6.45, 7) is 2.48. The molecule has 1 atom stereocenters. The first-order valence-electron chi connectivity index (χ1n) is 9.02. The lowest BCUT2D eigenvalue weighted by atomic mass is 9.84. The Morgan fingerprint density at radius 3 is 2.40 bits per heavy atom. The predicted octanol–water partition coefficient (Wildman–Crippen LogP) is 2.69. The predicted molar refractivity (Wildman–Crippen MR) is 105 cm³/mol. The van der Waals surface area contributed by atoms with Crippen LogP contribution in [-0.2, 0) is 9.59 Å². The van der Waals surface area contributed by atoms with E-state index >= 15 is 0 Å². The summed E-state index contributed by atoms with van der Waals surface area (Å²) in [5.74, 6) is 0.916. The first-order chi connectivity index (χ1) is 12.1. The van der Waals surface area contributed by atoms with E-state index in [-0.39, 0.29) is 29.4 Å². The van der Waals surface area contributed by atoms with E-state index in [2.05, 4.69) is 10.6 Å². The minimum absolute atomic E-state index is 0.0332. The van der Waals surface area contributed by atoms with E-state index in [1.807, 2.05) is 31.2 Å². The van der Waals surface area contributed by atoms with E-state index < -0.39 is 0 Å². The van der Waals surface area contributed by atoms with Gasteiger partial charge in [-0.3, -0.25) is 9.59 Å². The Hall–Kier alpha value is -1.53. The molecule has 2 rings (SSSR count). The summed E-state index contributed by atoms with van der Waals surface area (Å²) in [4.78, 5) is 24.0. The molecule has 0 aliphatic heterocycles. The molecule has 2 amide bonds. The molecule has 0 spiro atoms. The highest BCUT2D eigenvalue weighted by molar-refractivity contribution is 8.00. The first-order valence-corrected chi connectivity index (χ1v) is 10.2. The number of carbonyl (C=O) groups excluding carboxylic acids is 2. The smallest absolute Gasteiger partial charge is 0.234 e. The molecule has 1 aromatic rings. The third-order valence-electron chi connectivity index (χ3n) is 4.62. The van der Waals surface area contributed by atoms with Crippen LogP contribution in [0.3, 0.4) is 0 Å². The zero-order valence-electron chi connectivity index (χ0n) is 14.9. The molecule has 1 aliphatic rings. The number of nitrogens with two attached hydrogens (primary N) is 1. The second-order valence-electron chi connectivity index (χ2n) is 6.71. The van der Waals surface area contributed by atoms with Crippen LogP contribution in [0.25, 0.3) is 0 Å². The Kier molecular flexibility index (Phi) is 8.28. The Labute approximate surface area is 154 Å². The van der Waals surface area contributed by atoms with E-state index in [1.165, 1.54) is 31.0 Å². The topological polar surface area (TPSA) is 84.2 Å². The van der Waals surface area contributed by atoms with Crippen molar-refractivity contribution < 1.29 is 9.59 Å². The van der Waals surface area contributed by atoms with Gasteiger partial charge in [-0.25, -0.2) is 0 Å². The highest BCUT2D eigenvalue weighted by atomic mass is 32.2.